The Labute approximate surface area is 113 Å². The lowest BCUT2D eigenvalue weighted by Gasteiger charge is -2.32. The molecule has 0 spiro atoms. The molecule has 2 atom stereocenters. The van der Waals surface area contributed by atoms with E-state index < -0.39 is 16.1 Å². The first-order chi connectivity index (χ1) is 7.92. The molecule has 2 rings (SSSR count). The van der Waals surface area contributed by atoms with E-state index in [1.165, 1.54) is 0 Å². The fourth-order valence-electron chi connectivity index (χ4n) is 2.64. The highest BCUT2D eigenvalue weighted by Gasteiger charge is 2.60. The monoisotopic (exact) mass is 281 g/mol. The van der Waals surface area contributed by atoms with Crippen LogP contribution >= 0.6 is 23.2 Å². The van der Waals surface area contributed by atoms with Crippen LogP contribution in [-0.2, 0) is 9.53 Å². The van der Waals surface area contributed by atoms with Crippen LogP contribution in [0.1, 0.15) is 47.0 Å². The predicted molar refractivity (Wildman–Crippen MR) is 70.3 cm³/mol. The van der Waals surface area contributed by atoms with E-state index in [9.17, 15) is 4.79 Å². The van der Waals surface area contributed by atoms with Crippen molar-refractivity contribution in [2.24, 2.45) is 0 Å². The second-order valence-corrected chi connectivity index (χ2v) is 6.16. The molecule has 0 bridgehead atoms. The molecule has 0 radical (unpaired) electrons. The molecule has 0 amide bonds. The van der Waals surface area contributed by atoms with Crippen molar-refractivity contribution >= 4 is 29.2 Å². The summed E-state index contributed by atoms with van der Waals surface area (Å²) in [5, 5.41) is 0. The molecular weight excluding hydrogens is 261 g/mol. The third-order valence-corrected chi connectivity index (χ3v) is 3.81. The number of ether oxygens (including phenoxy) is 1. The average molecular weight is 282 g/mol. The number of alkyl halides is 2. The quantitative estimate of drug-likeness (QED) is 0.574. The lowest BCUT2D eigenvalue weighted by molar-refractivity contribution is -0.146. The van der Waals surface area contributed by atoms with Crippen molar-refractivity contribution in [2.75, 3.05) is 6.54 Å². The fraction of sp³-hybridized carbons (Fsp3) is 0.917. The highest BCUT2D eigenvalue weighted by molar-refractivity contribution is 6.48. The van der Waals surface area contributed by atoms with Gasteiger partial charge in [-0.05, 0) is 26.2 Å². The molecule has 100 valence electrons. The van der Waals surface area contributed by atoms with Gasteiger partial charge in [0.25, 0.3) is 0 Å². The van der Waals surface area contributed by atoms with Gasteiger partial charge in [-0.2, -0.15) is 0 Å². The smallest absolute Gasteiger partial charge is 0.328 e. The fourth-order valence-corrected chi connectivity index (χ4v) is 2.96. The normalized spacial score (nSPS) is 32.8. The van der Waals surface area contributed by atoms with Gasteiger partial charge in [0, 0.05) is 6.54 Å². The Balaban J connectivity index is 0.000000686. The topological polar surface area (TPSA) is 29.5 Å². The summed E-state index contributed by atoms with van der Waals surface area (Å²) in [6.07, 6.45) is 2.11. The Hall–Kier alpha value is 0.01000. The van der Waals surface area contributed by atoms with Gasteiger partial charge in [-0.25, -0.2) is 9.69 Å². The highest BCUT2D eigenvalue weighted by Crippen LogP contribution is 2.46. The molecular formula is C12H21Cl2NO2. The van der Waals surface area contributed by atoms with E-state index in [1.807, 2.05) is 25.7 Å². The van der Waals surface area contributed by atoms with Crippen LogP contribution in [-0.4, -0.2) is 33.5 Å². The third kappa shape index (κ3) is 2.42. The molecule has 2 saturated heterocycles. The molecule has 2 fully saturated rings. The number of carbonyl (C=O) groups excluding carboxylic acids is 1. The van der Waals surface area contributed by atoms with Crippen LogP contribution in [0.15, 0.2) is 0 Å². The summed E-state index contributed by atoms with van der Waals surface area (Å²) < 4.78 is 4.27. The minimum atomic E-state index is -1.04. The first-order valence-corrected chi connectivity index (χ1v) is 7.03. The Kier molecular flexibility index (Phi) is 4.73. The van der Waals surface area contributed by atoms with Crippen molar-refractivity contribution in [1.82, 2.24) is 4.90 Å². The zero-order chi connectivity index (χ0) is 13.3. The number of nitrogens with zero attached hydrogens (tertiary/aromatic N) is 1. The van der Waals surface area contributed by atoms with E-state index in [2.05, 4.69) is 0 Å². The Morgan fingerprint density at radius 2 is 2.12 bits per heavy atom. The van der Waals surface area contributed by atoms with Crippen LogP contribution in [0.5, 0.6) is 0 Å². The molecule has 0 N–H and O–H groups in total. The number of esters is 1. The van der Waals surface area contributed by atoms with Crippen molar-refractivity contribution in [1.29, 1.82) is 0 Å². The predicted octanol–water partition coefficient (Wildman–Crippen LogP) is 3.33. The van der Waals surface area contributed by atoms with Crippen molar-refractivity contribution in [3.63, 3.8) is 0 Å². The average Bonchev–Trinajstić information content (AvgIpc) is 2.80. The van der Waals surface area contributed by atoms with E-state index in [-0.39, 0.29) is 5.97 Å². The number of halogens is 2. The van der Waals surface area contributed by atoms with Gasteiger partial charge in [-0.3, -0.25) is 0 Å². The van der Waals surface area contributed by atoms with Crippen LogP contribution in [0.2, 0.25) is 0 Å². The van der Waals surface area contributed by atoms with Gasteiger partial charge in [0.2, 0.25) is 0 Å². The maximum atomic E-state index is 11.9. The van der Waals surface area contributed by atoms with E-state index in [0.29, 0.717) is 0 Å². The Morgan fingerprint density at radius 1 is 1.53 bits per heavy atom. The highest BCUT2D eigenvalue weighted by atomic mass is 35.5. The molecule has 2 aliphatic heterocycles. The molecule has 0 aromatic rings. The van der Waals surface area contributed by atoms with Crippen molar-refractivity contribution in [2.45, 2.75) is 63.1 Å². The Morgan fingerprint density at radius 3 is 2.59 bits per heavy atom. The Bertz CT molecular complexity index is 291. The lowest BCUT2D eigenvalue weighted by atomic mass is 9.94. The first kappa shape index (κ1) is 15.1. The van der Waals surface area contributed by atoms with E-state index in [0.717, 1.165) is 25.8 Å². The molecule has 17 heavy (non-hydrogen) atoms. The minimum absolute atomic E-state index is 0.167. The molecule has 2 heterocycles. The molecule has 5 heteroatoms. The van der Waals surface area contributed by atoms with Crippen molar-refractivity contribution in [3.8, 4) is 0 Å². The van der Waals surface area contributed by atoms with Gasteiger partial charge >= 0.3 is 5.97 Å². The summed E-state index contributed by atoms with van der Waals surface area (Å²) in [5.41, 5.74) is -0.463. The molecule has 0 aliphatic carbocycles. The number of cyclic esters (lactones) is 1. The van der Waals surface area contributed by atoms with Crippen LogP contribution in [0, 0.1) is 0 Å². The molecule has 0 aromatic heterocycles. The molecule has 3 nitrogen and oxygen atoms in total. The molecule has 2 unspecified atom stereocenters. The summed E-state index contributed by atoms with van der Waals surface area (Å²) >= 11 is 12.1. The van der Waals surface area contributed by atoms with Crippen LogP contribution in [0.3, 0.4) is 0 Å². The molecule has 2 aliphatic rings. The second kappa shape index (κ2) is 5.33. The van der Waals surface area contributed by atoms with Crippen LogP contribution in [0.4, 0.5) is 0 Å². The third-order valence-electron chi connectivity index (χ3n) is 3.44. The maximum absolute atomic E-state index is 11.9. The number of hydrogen-bond donors (Lipinski definition) is 0. The SMILES string of the molecule is CC.CCC12CCCN1C(C(C)(Cl)Cl)OC2=O. The summed E-state index contributed by atoms with van der Waals surface area (Å²) in [7, 11) is 0. The number of fused-ring (bicyclic) bond motifs is 1. The van der Waals surface area contributed by atoms with E-state index in [1.54, 1.807) is 6.92 Å². The van der Waals surface area contributed by atoms with E-state index in [4.69, 9.17) is 27.9 Å². The van der Waals surface area contributed by atoms with Crippen molar-refractivity contribution in [3.05, 3.63) is 0 Å². The van der Waals surface area contributed by atoms with Gasteiger partial charge in [0.05, 0.1) is 0 Å². The van der Waals surface area contributed by atoms with E-state index >= 15 is 0 Å². The summed E-state index contributed by atoms with van der Waals surface area (Å²) in [5.74, 6) is -0.167. The maximum Gasteiger partial charge on any atom is 0.328 e. The summed E-state index contributed by atoms with van der Waals surface area (Å²) in [6, 6.07) is 0. The van der Waals surface area contributed by atoms with Gasteiger partial charge < -0.3 is 4.74 Å². The van der Waals surface area contributed by atoms with Gasteiger partial charge in [0.1, 0.15) is 5.54 Å². The largest absolute Gasteiger partial charge is 0.442 e. The number of carbonyl (C=O) groups is 1. The molecule has 0 aromatic carbocycles. The number of rotatable bonds is 2. The standard InChI is InChI=1S/C10H15Cl2NO2.C2H6/c1-3-10-5-4-6-13(10)7(9(2,11)12)15-8(10)14;1-2/h7H,3-6H2,1-2H3;1-2H3. The minimum Gasteiger partial charge on any atom is -0.442 e. The number of hydrogen-bond acceptors (Lipinski definition) is 3. The zero-order valence-electron chi connectivity index (χ0n) is 10.9. The van der Waals surface area contributed by atoms with Crippen LogP contribution in [0.25, 0.3) is 0 Å². The summed E-state index contributed by atoms with van der Waals surface area (Å²) in [4.78, 5) is 13.9. The second-order valence-electron chi connectivity index (χ2n) is 4.40. The molecule has 0 saturated carbocycles. The summed E-state index contributed by atoms with van der Waals surface area (Å²) in [6.45, 7) is 8.50. The van der Waals surface area contributed by atoms with Crippen molar-refractivity contribution < 1.29 is 9.53 Å². The first-order valence-electron chi connectivity index (χ1n) is 6.27. The van der Waals surface area contributed by atoms with Crippen LogP contribution < -0.4 is 0 Å². The van der Waals surface area contributed by atoms with Gasteiger partial charge in [-0.15, -0.1) is 0 Å². The van der Waals surface area contributed by atoms with Gasteiger partial charge in [-0.1, -0.05) is 44.0 Å². The zero-order valence-corrected chi connectivity index (χ0v) is 12.4. The lowest BCUT2D eigenvalue weighted by Crippen LogP contribution is -2.49. The van der Waals surface area contributed by atoms with Gasteiger partial charge in [0.15, 0.2) is 10.6 Å².